The van der Waals surface area contributed by atoms with Gasteiger partial charge in [-0.25, -0.2) is 0 Å². The maximum Gasteiger partial charge on any atom is 0.325 e. The van der Waals surface area contributed by atoms with Gasteiger partial charge in [0.15, 0.2) is 0 Å². The van der Waals surface area contributed by atoms with Gasteiger partial charge >= 0.3 is 7.60 Å². The Morgan fingerprint density at radius 3 is 2.37 bits per heavy atom. The highest BCUT2D eigenvalue weighted by atomic mass is 31.2. The maximum absolute atomic E-state index is 13.1. The number of carbonyl (C=O) groups excluding carboxylic acids is 1. The van der Waals surface area contributed by atoms with Crippen LogP contribution in [0.25, 0.3) is 10.8 Å². The standard InChI is InChI=1S/C26H34N3O5P/c1-4-29(5-2)25-16-21(15-20-9-12-23(34-3)17-24(20)25)26(30)28-22-10-7-19(8-11-22)18-27-13-6-14-35(31,32)33/h7-12,15-17,27H,4-6,13-14,18H2,1-3H3,(H,28,30)(H2,31,32,33). The van der Waals surface area contributed by atoms with Crippen LogP contribution in [0.5, 0.6) is 5.75 Å². The van der Waals surface area contributed by atoms with Crippen LogP contribution in [0, 0.1) is 0 Å². The number of methoxy groups -OCH3 is 1. The van der Waals surface area contributed by atoms with Crippen LogP contribution in [0.1, 0.15) is 36.2 Å². The predicted octanol–water partition coefficient (Wildman–Crippen LogP) is 4.60. The van der Waals surface area contributed by atoms with Crippen molar-refractivity contribution >= 4 is 35.7 Å². The van der Waals surface area contributed by atoms with Gasteiger partial charge < -0.3 is 30.1 Å². The van der Waals surface area contributed by atoms with Crippen LogP contribution in [-0.4, -0.2) is 48.6 Å². The van der Waals surface area contributed by atoms with E-state index in [1.54, 1.807) is 7.11 Å². The molecule has 0 unspecified atom stereocenters. The number of ether oxygens (including phenoxy) is 1. The van der Waals surface area contributed by atoms with Gasteiger partial charge in [0.05, 0.1) is 13.3 Å². The summed E-state index contributed by atoms with van der Waals surface area (Å²) >= 11 is 0. The molecule has 0 radical (unpaired) electrons. The lowest BCUT2D eigenvalue weighted by Crippen LogP contribution is -2.23. The van der Waals surface area contributed by atoms with Crippen molar-refractivity contribution in [1.29, 1.82) is 0 Å². The normalized spacial score (nSPS) is 11.5. The Balaban J connectivity index is 1.70. The Bertz CT molecular complexity index is 1190. The van der Waals surface area contributed by atoms with Gasteiger partial charge in [-0.2, -0.15) is 0 Å². The third-order valence-electron chi connectivity index (χ3n) is 5.85. The molecule has 3 rings (SSSR count). The largest absolute Gasteiger partial charge is 0.497 e. The van der Waals surface area contributed by atoms with E-state index in [1.165, 1.54) is 0 Å². The number of nitrogens with one attached hydrogen (secondary N) is 2. The van der Waals surface area contributed by atoms with E-state index in [4.69, 9.17) is 14.5 Å². The summed E-state index contributed by atoms with van der Waals surface area (Å²) in [5.41, 5.74) is 3.29. The van der Waals surface area contributed by atoms with Gasteiger partial charge in [-0.15, -0.1) is 0 Å². The molecule has 1 amide bonds. The van der Waals surface area contributed by atoms with Crippen molar-refractivity contribution in [3.8, 4) is 5.75 Å². The molecule has 3 aromatic rings. The molecule has 4 N–H and O–H groups in total. The zero-order chi connectivity index (χ0) is 25.4. The third kappa shape index (κ3) is 7.54. The SMILES string of the molecule is CCN(CC)c1cc(C(=O)Nc2ccc(CNCCCP(=O)(O)O)cc2)cc2ccc(OC)cc12. The van der Waals surface area contributed by atoms with Crippen molar-refractivity contribution in [3.05, 3.63) is 65.7 Å². The van der Waals surface area contributed by atoms with Crippen LogP contribution in [0.3, 0.4) is 0 Å². The van der Waals surface area contributed by atoms with E-state index in [0.29, 0.717) is 30.8 Å². The Hall–Kier alpha value is -2.90. The Morgan fingerprint density at radius 1 is 1.03 bits per heavy atom. The molecule has 8 nitrogen and oxygen atoms in total. The molecule has 0 saturated heterocycles. The number of rotatable bonds is 12. The lowest BCUT2D eigenvalue weighted by Gasteiger charge is -2.24. The fourth-order valence-corrected chi connectivity index (χ4v) is 4.52. The first-order valence-corrected chi connectivity index (χ1v) is 13.6. The zero-order valence-corrected chi connectivity index (χ0v) is 21.3. The van der Waals surface area contributed by atoms with Crippen molar-refractivity contribution in [1.82, 2.24) is 5.32 Å². The highest BCUT2D eigenvalue weighted by Gasteiger charge is 2.15. The van der Waals surface area contributed by atoms with E-state index in [-0.39, 0.29) is 12.1 Å². The second kappa shape index (κ2) is 12.2. The summed E-state index contributed by atoms with van der Waals surface area (Å²) in [5, 5.41) is 8.16. The first kappa shape index (κ1) is 26.7. The molecule has 0 aliphatic heterocycles. The summed E-state index contributed by atoms with van der Waals surface area (Å²) in [6.45, 7) is 6.93. The molecule has 0 heterocycles. The van der Waals surface area contributed by atoms with E-state index >= 15 is 0 Å². The fraction of sp³-hybridized carbons (Fsp3) is 0.346. The smallest absolute Gasteiger partial charge is 0.325 e. The number of fused-ring (bicyclic) bond motifs is 1. The molecule has 0 saturated carbocycles. The lowest BCUT2D eigenvalue weighted by atomic mass is 10.0. The van der Waals surface area contributed by atoms with E-state index in [0.717, 1.165) is 40.9 Å². The minimum absolute atomic E-state index is 0.122. The Kier molecular flexibility index (Phi) is 9.29. The lowest BCUT2D eigenvalue weighted by molar-refractivity contribution is 0.102. The number of hydrogen-bond donors (Lipinski definition) is 4. The van der Waals surface area contributed by atoms with Crippen LogP contribution in [0.15, 0.2) is 54.6 Å². The summed E-state index contributed by atoms with van der Waals surface area (Å²) in [7, 11) is -2.30. The third-order valence-corrected chi connectivity index (χ3v) is 6.75. The molecule has 35 heavy (non-hydrogen) atoms. The quantitative estimate of drug-likeness (QED) is 0.213. The van der Waals surface area contributed by atoms with Gasteiger partial charge in [-0.05, 0) is 74.2 Å². The number of nitrogens with zero attached hydrogens (tertiary/aromatic N) is 1. The monoisotopic (exact) mass is 499 g/mol. The highest BCUT2D eigenvalue weighted by Crippen LogP contribution is 2.34. The summed E-state index contributed by atoms with van der Waals surface area (Å²) in [4.78, 5) is 33.1. The summed E-state index contributed by atoms with van der Waals surface area (Å²) in [5.74, 6) is 0.596. The molecule has 3 aromatic carbocycles. The number of carbonyl (C=O) groups is 1. The first-order valence-electron chi connectivity index (χ1n) is 11.8. The van der Waals surface area contributed by atoms with Gasteiger partial charge in [0.25, 0.3) is 5.91 Å². The Labute approximate surface area is 206 Å². The highest BCUT2D eigenvalue weighted by molar-refractivity contribution is 7.51. The zero-order valence-electron chi connectivity index (χ0n) is 20.5. The molecule has 0 fully saturated rings. The van der Waals surface area contributed by atoms with Crippen LogP contribution in [0.4, 0.5) is 11.4 Å². The number of hydrogen-bond acceptors (Lipinski definition) is 5. The molecule has 0 bridgehead atoms. The van der Waals surface area contributed by atoms with Crippen LogP contribution < -0.4 is 20.3 Å². The Morgan fingerprint density at radius 2 is 1.74 bits per heavy atom. The van der Waals surface area contributed by atoms with Crippen LogP contribution >= 0.6 is 7.60 Å². The molecule has 0 aliphatic rings. The number of anilines is 2. The van der Waals surface area contributed by atoms with Gasteiger partial charge in [0.1, 0.15) is 5.75 Å². The molecule has 188 valence electrons. The minimum Gasteiger partial charge on any atom is -0.497 e. The molecule has 0 aromatic heterocycles. The van der Waals surface area contributed by atoms with E-state index in [9.17, 15) is 9.36 Å². The topological polar surface area (TPSA) is 111 Å². The van der Waals surface area contributed by atoms with Gasteiger partial charge in [0, 0.05) is 42.0 Å². The van der Waals surface area contributed by atoms with Crippen LogP contribution in [0.2, 0.25) is 0 Å². The maximum atomic E-state index is 13.1. The van der Waals surface area contributed by atoms with Crippen molar-refractivity contribution in [2.75, 3.05) is 43.1 Å². The van der Waals surface area contributed by atoms with E-state index < -0.39 is 7.60 Å². The summed E-state index contributed by atoms with van der Waals surface area (Å²) in [6.07, 6.45) is 0.287. The molecular formula is C26H34N3O5P. The average Bonchev–Trinajstić information content (AvgIpc) is 2.84. The molecule has 0 atom stereocenters. The van der Waals surface area contributed by atoms with Crippen molar-refractivity contribution in [2.45, 2.75) is 26.8 Å². The minimum atomic E-state index is -3.94. The van der Waals surface area contributed by atoms with Crippen LogP contribution in [-0.2, 0) is 11.1 Å². The fourth-order valence-electron chi connectivity index (χ4n) is 3.95. The van der Waals surface area contributed by atoms with Crippen molar-refractivity contribution in [3.63, 3.8) is 0 Å². The van der Waals surface area contributed by atoms with Crippen molar-refractivity contribution in [2.24, 2.45) is 0 Å². The molecule has 9 heteroatoms. The second-order valence-corrected chi connectivity index (χ2v) is 10.1. The summed E-state index contributed by atoms with van der Waals surface area (Å²) < 4.78 is 16.3. The predicted molar refractivity (Wildman–Crippen MR) is 142 cm³/mol. The number of amides is 1. The second-order valence-electron chi connectivity index (χ2n) is 8.32. The average molecular weight is 500 g/mol. The molecular weight excluding hydrogens is 465 g/mol. The first-order chi connectivity index (χ1) is 16.7. The van der Waals surface area contributed by atoms with Crippen molar-refractivity contribution < 1.29 is 23.9 Å². The summed E-state index contributed by atoms with van der Waals surface area (Å²) in [6, 6.07) is 17.2. The van der Waals surface area contributed by atoms with E-state index in [2.05, 4.69) is 29.4 Å². The van der Waals surface area contributed by atoms with Gasteiger partial charge in [-0.3, -0.25) is 9.36 Å². The van der Waals surface area contributed by atoms with Gasteiger partial charge in [-0.1, -0.05) is 18.2 Å². The number of benzene rings is 3. The van der Waals surface area contributed by atoms with Gasteiger partial charge in [0.2, 0.25) is 0 Å². The van der Waals surface area contributed by atoms with E-state index in [1.807, 2.05) is 54.6 Å². The molecule has 0 spiro atoms. The molecule has 0 aliphatic carbocycles.